The summed E-state index contributed by atoms with van der Waals surface area (Å²) < 4.78 is 40.7. The average Bonchev–Trinajstić information content (AvgIpc) is 2.64. The average molecular weight is 381 g/mol. The van der Waals surface area contributed by atoms with Gasteiger partial charge < -0.3 is 15.0 Å². The van der Waals surface area contributed by atoms with Crippen molar-refractivity contribution in [1.29, 1.82) is 0 Å². The van der Waals surface area contributed by atoms with E-state index in [0.717, 1.165) is 11.8 Å². The molecule has 0 spiro atoms. The van der Waals surface area contributed by atoms with Crippen LogP contribution in [0.1, 0.15) is 26.3 Å². The van der Waals surface area contributed by atoms with Gasteiger partial charge in [-0.05, 0) is 23.8 Å². The summed E-state index contributed by atoms with van der Waals surface area (Å²) in [5, 5.41) is 2.67. The van der Waals surface area contributed by atoms with Crippen LogP contribution in [0.4, 0.5) is 13.2 Å². The lowest BCUT2D eigenvalue weighted by molar-refractivity contribution is -0.154. The lowest BCUT2D eigenvalue weighted by Gasteiger charge is -2.11. The molecule has 0 saturated heterocycles. The van der Waals surface area contributed by atoms with E-state index in [2.05, 4.69) is 15.0 Å². The maximum atomic E-state index is 12.1. The first-order valence-corrected chi connectivity index (χ1v) is 7.90. The van der Waals surface area contributed by atoms with Gasteiger partial charge in [0.1, 0.15) is 0 Å². The van der Waals surface area contributed by atoms with Gasteiger partial charge in [-0.25, -0.2) is 4.98 Å². The number of amides is 2. The third kappa shape index (κ3) is 6.28. The lowest BCUT2D eigenvalue weighted by atomic mass is 10.1. The van der Waals surface area contributed by atoms with Crippen LogP contribution in [0.15, 0.2) is 42.6 Å². The normalized spacial score (nSPS) is 11.0. The molecule has 0 aliphatic heterocycles. The highest BCUT2D eigenvalue weighted by atomic mass is 19.4. The SMILES string of the molecule is CN(C)C(=O)c1ccc(CNC(=O)c2ccc(OCC(F)(F)F)nc2)cc1. The molecule has 0 unspecified atom stereocenters. The molecule has 144 valence electrons. The standard InChI is InChI=1S/C18H18F3N3O3/c1-24(2)17(26)13-5-3-12(4-6-13)9-23-16(25)14-7-8-15(22-10-14)27-11-18(19,20)21/h3-8,10H,9,11H2,1-2H3,(H,23,25). The molecule has 1 aromatic heterocycles. The van der Waals surface area contributed by atoms with Gasteiger partial charge in [0.2, 0.25) is 5.88 Å². The fraction of sp³-hybridized carbons (Fsp3) is 0.278. The van der Waals surface area contributed by atoms with Crippen molar-refractivity contribution in [2.45, 2.75) is 12.7 Å². The van der Waals surface area contributed by atoms with Crippen molar-refractivity contribution in [2.24, 2.45) is 0 Å². The largest absolute Gasteiger partial charge is 0.468 e. The Kier molecular flexibility index (Phi) is 6.38. The third-order valence-corrected chi connectivity index (χ3v) is 3.44. The summed E-state index contributed by atoms with van der Waals surface area (Å²) in [5.41, 5.74) is 1.51. The van der Waals surface area contributed by atoms with Gasteiger partial charge >= 0.3 is 6.18 Å². The Morgan fingerprint density at radius 3 is 2.22 bits per heavy atom. The Morgan fingerprint density at radius 1 is 1.07 bits per heavy atom. The number of pyridine rings is 1. The number of ether oxygens (including phenoxy) is 1. The minimum Gasteiger partial charge on any atom is -0.468 e. The number of nitrogens with zero attached hydrogens (tertiary/aromatic N) is 2. The zero-order chi connectivity index (χ0) is 20.0. The summed E-state index contributed by atoms with van der Waals surface area (Å²) in [6.45, 7) is -1.22. The third-order valence-electron chi connectivity index (χ3n) is 3.44. The fourth-order valence-electron chi connectivity index (χ4n) is 2.06. The van der Waals surface area contributed by atoms with E-state index < -0.39 is 18.7 Å². The topological polar surface area (TPSA) is 71.5 Å². The van der Waals surface area contributed by atoms with Gasteiger partial charge in [0.05, 0.1) is 5.56 Å². The first kappa shape index (κ1) is 20.2. The predicted molar refractivity (Wildman–Crippen MR) is 91.4 cm³/mol. The van der Waals surface area contributed by atoms with Crippen LogP contribution >= 0.6 is 0 Å². The summed E-state index contributed by atoms with van der Waals surface area (Å²) in [6, 6.07) is 9.30. The molecule has 0 aliphatic carbocycles. The van der Waals surface area contributed by atoms with Gasteiger partial charge in [-0.15, -0.1) is 0 Å². The first-order chi connectivity index (χ1) is 12.7. The van der Waals surface area contributed by atoms with Crippen molar-refractivity contribution in [3.8, 4) is 5.88 Å². The molecule has 9 heteroatoms. The Bertz CT molecular complexity index is 788. The molecule has 2 rings (SSSR count). The molecule has 0 fully saturated rings. The van der Waals surface area contributed by atoms with Crippen LogP contribution in [-0.4, -0.2) is 48.6 Å². The van der Waals surface area contributed by atoms with Crippen molar-refractivity contribution >= 4 is 11.8 Å². The zero-order valence-electron chi connectivity index (χ0n) is 14.7. The minimum absolute atomic E-state index is 0.121. The Morgan fingerprint density at radius 2 is 1.70 bits per heavy atom. The molecular formula is C18H18F3N3O3. The van der Waals surface area contributed by atoms with E-state index in [1.807, 2.05) is 0 Å². The zero-order valence-corrected chi connectivity index (χ0v) is 14.7. The number of hydrogen-bond donors (Lipinski definition) is 1. The maximum absolute atomic E-state index is 12.1. The van der Waals surface area contributed by atoms with Crippen molar-refractivity contribution in [3.05, 3.63) is 59.3 Å². The molecule has 0 atom stereocenters. The Labute approximate surface area is 154 Å². The van der Waals surface area contributed by atoms with E-state index in [9.17, 15) is 22.8 Å². The lowest BCUT2D eigenvalue weighted by Crippen LogP contribution is -2.24. The van der Waals surface area contributed by atoms with Gasteiger partial charge in [-0.3, -0.25) is 9.59 Å². The highest BCUT2D eigenvalue weighted by Crippen LogP contribution is 2.17. The van der Waals surface area contributed by atoms with E-state index in [4.69, 9.17) is 0 Å². The Hall–Kier alpha value is -3.10. The van der Waals surface area contributed by atoms with E-state index in [-0.39, 0.29) is 23.9 Å². The second kappa shape index (κ2) is 8.52. The van der Waals surface area contributed by atoms with E-state index in [0.29, 0.717) is 5.56 Å². The van der Waals surface area contributed by atoms with Gasteiger partial charge in [0.15, 0.2) is 6.61 Å². The molecule has 2 aromatic rings. The molecule has 0 aliphatic rings. The molecule has 2 amide bonds. The van der Waals surface area contributed by atoms with Crippen LogP contribution in [0.5, 0.6) is 5.88 Å². The van der Waals surface area contributed by atoms with Crippen molar-refractivity contribution in [3.63, 3.8) is 0 Å². The molecule has 6 nitrogen and oxygen atoms in total. The second-order valence-corrected chi connectivity index (χ2v) is 5.87. The number of benzene rings is 1. The van der Waals surface area contributed by atoms with Crippen LogP contribution in [0, 0.1) is 0 Å². The number of carbonyl (C=O) groups is 2. The molecule has 0 saturated carbocycles. The van der Waals surface area contributed by atoms with Gasteiger partial charge in [-0.1, -0.05) is 12.1 Å². The second-order valence-electron chi connectivity index (χ2n) is 5.87. The fourth-order valence-corrected chi connectivity index (χ4v) is 2.06. The monoisotopic (exact) mass is 381 g/mol. The number of carbonyl (C=O) groups excluding carboxylic acids is 2. The van der Waals surface area contributed by atoms with Gasteiger partial charge in [0, 0.05) is 38.5 Å². The summed E-state index contributed by atoms with van der Waals surface area (Å²) in [5.74, 6) is -0.771. The summed E-state index contributed by atoms with van der Waals surface area (Å²) in [4.78, 5) is 29.0. The van der Waals surface area contributed by atoms with Crippen molar-refractivity contribution in [2.75, 3.05) is 20.7 Å². The predicted octanol–water partition coefficient (Wildman–Crippen LogP) is 2.65. The Balaban J connectivity index is 1.89. The smallest absolute Gasteiger partial charge is 0.422 e. The van der Waals surface area contributed by atoms with E-state index in [1.54, 1.807) is 38.4 Å². The van der Waals surface area contributed by atoms with Gasteiger partial charge in [0.25, 0.3) is 11.8 Å². The number of nitrogens with one attached hydrogen (secondary N) is 1. The number of aromatic nitrogens is 1. The molecule has 27 heavy (non-hydrogen) atoms. The maximum Gasteiger partial charge on any atom is 0.422 e. The van der Waals surface area contributed by atoms with Crippen molar-refractivity contribution in [1.82, 2.24) is 15.2 Å². The highest BCUT2D eigenvalue weighted by Gasteiger charge is 2.28. The molecule has 1 aromatic carbocycles. The number of alkyl halides is 3. The molecular weight excluding hydrogens is 363 g/mol. The van der Waals surface area contributed by atoms with Crippen LogP contribution < -0.4 is 10.1 Å². The van der Waals surface area contributed by atoms with Crippen LogP contribution in [0.25, 0.3) is 0 Å². The first-order valence-electron chi connectivity index (χ1n) is 7.90. The molecule has 1 N–H and O–H groups in total. The number of hydrogen-bond acceptors (Lipinski definition) is 4. The van der Waals surface area contributed by atoms with Crippen LogP contribution in [-0.2, 0) is 6.54 Å². The summed E-state index contributed by atoms with van der Waals surface area (Å²) >= 11 is 0. The summed E-state index contributed by atoms with van der Waals surface area (Å²) in [6.07, 6.45) is -3.32. The van der Waals surface area contributed by atoms with E-state index >= 15 is 0 Å². The quantitative estimate of drug-likeness (QED) is 0.835. The van der Waals surface area contributed by atoms with Crippen LogP contribution in [0.2, 0.25) is 0 Å². The number of halogens is 3. The van der Waals surface area contributed by atoms with Crippen LogP contribution in [0.3, 0.4) is 0 Å². The molecule has 0 bridgehead atoms. The summed E-state index contributed by atoms with van der Waals surface area (Å²) in [7, 11) is 3.31. The van der Waals surface area contributed by atoms with Gasteiger partial charge in [-0.2, -0.15) is 13.2 Å². The van der Waals surface area contributed by atoms with E-state index in [1.165, 1.54) is 17.0 Å². The minimum atomic E-state index is -4.45. The molecule has 0 radical (unpaired) electrons. The van der Waals surface area contributed by atoms with Crippen molar-refractivity contribution < 1.29 is 27.5 Å². The molecule has 1 heterocycles. The number of rotatable bonds is 6. The highest BCUT2D eigenvalue weighted by molar-refractivity contribution is 5.94.